The number of methoxy groups -OCH3 is 3. The van der Waals surface area contributed by atoms with Crippen molar-refractivity contribution >= 4 is 89.2 Å². The van der Waals surface area contributed by atoms with Crippen LogP contribution >= 0.6 is 33.8 Å². The van der Waals surface area contributed by atoms with Gasteiger partial charge in [0.25, 0.3) is 0 Å². The zero-order chi connectivity index (χ0) is 65.3. The number of amides is 2. The Labute approximate surface area is 518 Å². The minimum absolute atomic E-state index is 0. The van der Waals surface area contributed by atoms with E-state index in [2.05, 4.69) is 41.5 Å². The lowest BCUT2D eigenvalue weighted by atomic mass is 10.1. The van der Waals surface area contributed by atoms with Crippen molar-refractivity contribution in [2.24, 2.45) is 11.5 Å². The average Bonchev–Trinajstić information content (AvgIpc) is 3.42. The first kappa shape index (κ1) is 80.6. The van der Waals surface area contributed by atoms with Crippen LogP contribution in [0.3, 0.4) is 0 Å². The fourth-order valence-electron chi connectivity index (χ4n) is 6.53. The zero-order valence-corrected chi connectivity index (χ0v) is 53.1. The van der Waals surface area contributed by atoms with Crippen molar-refractivity contribution in [3.8, 4) is 23.0 Å². The Hall–Kier alpha value is -7.43. The van der Waals surface area contributed by atoms with Crippen LogP contribution < -0.4 is 26.3 Å². The van der Waals surface area contributed by atoms with Gasteiger partial charge < -0.3 is 75.5 Å². The first-order chi connectivity index (χ1) is 39.6. The predicted octanol–water partition coefficient (Wildman–Crippen LogP) is 7.23. The van der Waals surface area contributed by atoms with Crippen LogP contribution in [0.1, 0.15) is 69.4 Å². The van der Waals surface area contributed by atoms with Gasteiger partial charge in [0.05, 0.1) is 21.3 Å². The summed E-state index contributed by atoms with van der Waals surface area (Å²) >= 11 is 0. The SMILES string of the molecule is CO.COC(=O)C(Cc1cccc(O)c1)NC(=O)OC(C)(C)C.COC(=O)C(Cc1cccc(OS(=O)(=O)c2ccc(C)cc2)c1)NC(=O)OC(C)(C)C.COC(=O)C(N)Cc1cccc(O)c1.Cl.NC(Cc1cccc(O)c1)C(=O)O.O=S(Cl)Cl. The Morgan fingerprint density at radius 3 is 1.21 bits per heavy atom. The number of rotatable bonds is 17. The maximum Gasteiger partial charge on any atom is 0.408 e. The molecule has 0 radical (unpaired) electrons. The molecule has 0 bridgehead atoms. The van der Waals surface area contributed by atoms with Crippen molar-refractivity contribution in [2.45, 2.75) is 114 Å². The lowest BCUT2D eigenvalue weighted by molar-refractivity contribution is -0.143. The molecule has 478 valence electrons. The summed E-state index contributed by atoms with van der Waals surface area (Å²) in [6.45, 7) is 12.2. The number of nitrogens with two attached hydrogens (primary N) is 2. The van der Waals surface area contributed by atoms with Crippen LogP contribution in [-0.4, -0.2) is 138 Å². The van der Waals surface area contributed by atoms with Gasteiger partial charge in [0.1, 0.15) is 63.3 Å². The molecule has 0 spiro atoms. The molecule has 2 amide bonds. The van der Waals surface area contributed by atoms with Crippen LogP contribution in [0.2, 0.25) is 0 Å². The lowest BCUT2D eigenvalue weighted by Crippen LogP contribution is -2.45. The molecule has 0 heterocycles. The Kier molecular flexibility index (Phi) is 38.3. The van der Waals surface area contributed by atoms with Gasteiger partial charge >= 0.3 is 46.2 Å². The second-order valence-electron chi connectivity index (χ2n) is 19.5. The number of benzene rings is 5. The number of carbonyl (C=O) groups excluding carboxylic acids is 5. The molecule has 4 unspecified atom stereocenters. The molecule has 0 aliphatic carbocycles. The highest BCUT2D eigenvalue weighted by molar-refractivity contribution is 8.26. The molecule has 4 atom stereocenters. The van der Waals surface area contributed by atoms with Gasteiger partial charge in [-0.15, -0.1) is 12.4 Å². The number of hydrogen-bond donors (Lipinski definition) is 9. The summed E-state index contributed by atoms with van der Waals surface area (Å²) in [6, 6.07) is 28.5. The summed E-state index contributed by atoms with van der Waals surface area (Å²) in [7, 11) is 8.09. The van der Waals surface area contributed by atoms with E-state index >= 15 is 0 Å². The molecule has 5 aromatic carbocycles. The molecule has 0 aliphatic rings. The van der Waals surface area contributed by atoms with E-state index in [0.717, 1.165) is 23.8 Å². The van der Waals surface area contributed by atoms with Crippen LogP contribution in [0.25, 0.3) is 0 Å². The van der Waals surface area contributed by atoms with E-state index in [-0.39, 0.29) is 59.6 Å². The van der Waals surface area contributed by atoms with Gasteiger partial charge in [-0.2, -0.15) is 8.42 Å². The summed E-state index contributed by atoms with van der Waals surface area (Å²) in [5.74, 6) is -2.27. The topological polar surface area (TPSA) is 386 Å². The molecule has 24 nitrogen and oxygen atoms in total. The first-order valence-corrected chi connectivity index (χ1v) is 29.4. The standard InChI is InChI=1S/C22H27NO7S.C15H21NO5.C10H13NO3.C9H11NO3.CH4O.Cl2OS.ClH/c1-15-9-11-18(12-10-15)31(26,27)30-17-8-6-7-16(13-17)14-19(20(24)28-5)23-21(25)29-22(2,3)4;1-15(2,3)21-14(19)16-12(13(18)20-4)9-10-6-5-7-11(17)8-10;1-14-10(13)9(11)6-7-3-2-4-8(12)5-7;10-8(9(12)13)5-6-2-1-3-7(11)4-6;1-2;1-4(2)3;/h6-13,19H,14H2,1-5H3,(H,23,25);5-8,12,17H,9H2,1-4H3,(H,16,19);2-5,9,12H,6,11H2,1H3;1-4,8,11H,5,10H2,(H,12,13);2H,1H3;;1H. The van der Waals surface area contributed by atoms with Gasteiger partial charge in [-0.1, -0.05) is 66.2 Å². The number of aromatic hydroxyl groups is 3. The van der Waals surface area contributed by atoms with Crippen molar-refractivity contribution in [3.05, 3.63) is 149 Å². The van der Waals surface area contributed by atoms with Gasteiger partial charge in [-0.05, 0) is 144 Å². The van der Waals surface area contributed by atoms with E-state index in [1.807, 2.05) is 6.92 Å². The third-order valence-corrected chi connectivity index (χ3v) is 11.4. The van der Waals surface area contributed by atoms with E-state index in [1.165, 1.54) is 69.9 Å². The van der Waals surface area contributed by atoms with Crippen LogP contribution in [0, 0.1) is 6.92 Å². The van der Waals surface area contributed by atoms with E-state index in [4.69, 9.17) is 54.5 Å². The number of alkyl carbamates (subject to hydrolysis) is 2. The largest absolute Gasteiger partial charge is 0.508 e. The molecular weight excluding hydrogens is 1230 g/mol. The van der Waals surface area contributed by atoms with Crippen LogP contribution in [0.4, 0.5) is 9.59 Å². The fourth-order valence-corrected chi connectivity index (χ4v) is 7.45. The maximum absolute atomic E-state index is 12.5. The minimum atomic E-state index is -4.02. The predicted molar refractivity (Wildman–Crippen MR) is 326 cm³/mol. The molecule has 5 rings (SSSR count). The second-order valence-corrected chi connectivity index (χ2v) is 23.6. The molecule has 0 saturated heterocycles. The molecule has 29 heteroatoms. The van der Waals surface area contributed by atoms with Crippen molar-refractivity contribution < 1.29 is 94.8 Å². The number of aliphatic hydroxyl groups excluding tert-OH is 1. The number of carbonyl (C=O) groups is 6. The van der Waals surface area contributed by atoms with E-state index < -0.39 is 90.8 Å². The monoisotopic (exact) mass is 1310 g/mol. The van der Waals surface area contributed by atoms with Crippen molar-refractivity contribution in [1.29, 1.82) is 0 Å². The van der Waals surface area contributed by atoms with Gasteiger partial charge in [-0.3, -0.25) is 9.59 Å². The molecule has 86 heavy (non-hydrogen) atoms. The van der Waals surface area contributed by atoms with Crippen LogP contribution in [0.15, 0.2) is 126 Å². The number of halogens is 3. The van der Waals surface area contributed by atoms with Gasteiger partial charge in [0, 0.05) is 41.3 Å². The van der Waals surface area contributed by atoms with E-state index in [1.54, 1.807) is 114 Å². The lowest BCUT2D eigenvalue weighted by Gasteiger charge is -2.22. The van der Waals surface area contributed by atoms with Gasteiger partial charge in [0.2, 0.25) is 9.23 Å². The summed E-state index contributed by atoms with van der Waals surface area (Å²) in [5.41, 5.74) is 13.2. The molecule has 0 aliphatic heterocycles. The Balaban J connectivity index is 0. The molecule has 0 saturated carbocycles. The number of hydrogen-bond acceptors (Lipinski definition) is 21. The number of aliphatic hydroxyl groups is 1. The zero-order valence-electron chi connectivity index (χ0n) is 49.2. The van der Waals surface area contributed by atoms with Crippen LogP contribution in [0.5, 0.6) is 23.0 Å². The smallest absolute Gasteiger partial charge is 0.408 e. The number of carboxylic acids is 1. The van der Waals surface area contributed by atoms with Crippen LogP contribution in [-0.2, 0) is 87.9 Å². The van der Waals surface area contributed by atoms with Gasteiger partial charge in [-0.25, -0.2) is 23.4 Å². The number of esters is 3. The number of nitrogens with one attached hydrogen (secondary N) is 2. The average molecular weight is 1310 g/mol. The number of carboxylic acid groups (broad SMARTS) is 1. The Morgan fingerprint density at radius 1 is 0.558 bits per heavy atom. The molecule has 11 N–H and O–H groups in total. The van der Waals surface area contributed by atoms with Crippen molar-refractivity contribution in [1.82, 2.24) is 10.6 Å². The van der Waals surface area contributed by atoms with E-state index in [0.29, 0.717) is 17.5 Å². The fraction of sp³-hybridized carbons (Fsp3) is 0.368. The molecular formula is C57H77Cl3N4O20S2. The maximum atomic E-state index is 12.5. The third kappa shape index (κ3) is 36.4. The first-order valence-electron chi connectivity index (χ1n) is 25.2. The second kappa shape index (κ2) is 40.8. The summed E-state index contributed by atoms with van der Waals surface area (Å²) < 4.78 is 63.6. The normalized spacial score (nSPS) is 11.9. The number of ether oxygens (including phenoxy) is 5. The number of phenolic OH excluding ortho intramolecular Hbond substituents is 3. The highest BCUT2D eigenvalue weighted by Gasteiger charge is 2.27. The molecule has 5 aromatic rings. The highest BCUT2D eigenvalue weighted by Crippen LogP contribution is 2.22. The Morgan fingerprint density at radius 2 is 0.884 bits per heavy atom. The van der Waals surface area contributed by atoms with E-state index in [9.17, 15) is 42.3 Å². The Bertz CT molecular complexity index is 3030. The van der Waals surface area contributed by atoms with Crippen molar-refractivity contribution in [3.63, 3.8) is 0 Å². The third-order valence-electron chi connectivity index (χ3n) is 10.1. The number of aryl methyl sites for hydroxylation is 1. The molecule has 0 aromatic heterocycles. The van der Waals surface area contributed by atoms with Crippen molar-refractivity contribution in [2.75, 3.05) is 28.4 Å². The quantitative estimate of drug-likeness (QED) is 0.0192. The number of phenols is 3. The molecule has 0 fully saturated rings. The summed E-state index contributed by atoms with van der Waals surface area (Å²) in [5, 5.41) is 48.1. The summed E-state index contributed by atoms with van der Waals surface area (Å²) in [4.78, 5) is 69.1. The van der Waals surface area contributed by atoms with Gasteiger partial charge in [0.15, 0.2) is 0 Å². The minimum Gasteiger partial charge on any atom is -0.508 e. The summed E-state index contributed by atoms with van der Waals surface area (Å²) in [6.07, 6.45) is -0.631. The highest BCUT2D eigenvalue weighted by atomic mass is 36.0. The number of aliphatic carboxylic acids is 1.